The normalized spacial score (nSPS) is 24.3. The minimum absolute atomic E-state index is 0.126. The third-order valence-corrected chi connectivity index (χ3v) is 4.45. The van der Waals surface area contributed by atoms with Crippen LogP contribution in [0.2, 0.25) is 0 Å². The largest absolute Gasteiger partial charge is 0.382 e. The molecule has 21 heavy (non-hydrogen) atoms. The van der Waals surface area contributed by atoms with Crippen molar-refractivity contribution < 1.29 is 4.92 Å². The van der Waals surface area contributed by atoms with Crippen LogP contribution in [0.5, 0.6) is 0 Å². The van der Waals surface area contributed by atoms with Crippen molar-refractivity contribution in [1.29, 1.82) is 0 Å². The summed E-state index contributed by atoms with van der Waals surface area (Å²) in [4.78, 5) is 10.3. The average molecular weight is 288 g/mol. The Morgan fingerprint density at radius 3 is 2.52 bits per heavy atom. The van der Waals surface area contributed by atoms with Gasteiger partial charge in [0, 0.05) is 23.9 Å². The Morgan fingerprint density at radius 1 is 1.38 bits per heavy atom. The third-order valence-electron chi connectivity index (χ3n) is 4.45. The summed E-state index contributed by atoms with van der Waals surface area (Å²) in [6, 6.07) is 7.01. The highest BCUT2D eigenvalue weighted by atomic mass is 16.6. The number of nitrogens with one attached hydrogen (secondary N) is 1. The fraction of sp³-hybridized carbons (Fsp3) is 0.529. The SMILES string of the molecule is C=C(C)[C@@H]1CCC(C)(C)C[C@H]1Nc1ccc([N+](=O)[O-])cc1. The Labute approximate surface area is 126 Å². The second-order valence-electron chi connectivity index (χ2n) is 6.91. The van der Waals surface area contributed by atoms with Crippen molar-refractivity contribution in [3.63, 3.8) is 0 Å². The van der Waals surface area contributed by atoms with Crippen LogP contribution in [0.4, 0.5) is 11.4 Å². The number of anilines is 1. The molecule has 0 radical (unpaired) electrons. The topological polar surface area (TPSA) is 55.2 Å². The Kier molecular flexibility index (Phi) is 4.35. The lowest BCUT2D eigenvalue weighted by atomic mass is 9.68. The maximum Gasteiger partial charge on any atom is 0.269 e. The first-order valence-corrected chi connectivity index (χ1v) is 7.45. The van der Waals surface area contributed by atoms with Crippen molar-refractivity contribution in [2.75, 3.05) is 5.32 Å². The number of nitro groups is 1. The Hall–Kier alpha value is -1.84. The van der Waals surface area contributed by atoms with Gasteiger partial charge in [-0.15, -0.1) is 0 Å². The molecule has 114 valence electrons. The van der Waals surface area contributed by atoms with Crippen LogP contribution in [0.15, 0.2) is 36.4 Å². The molecule has 0 bridgehead atoms. The maximum atomic E-state index is 10.7. The molecule has 0 saturated heterocycles. The highest BCUT2D eigenvalue weighted by Gasteiger charge is 2.35. The molecule has 0 spiro atoms. The van der Waals surface area contributed by atoms with Crippen LogP contribution < -0.4 is 5.32 Å². The second-order valence-corrected chi connectivity index (χ2v) is 6.91. The summed E-state index contributed by atoms with van der Waals surface area (Å²) in [7, 11) is 0. The number of nitrogens with zero attached hydrogens (tertiary/aromatic N) is 1. The van der Waals surface area contributed by atoms with E-state index in [0.717, 1.165) is 18.5 Å². The minimum atomic E-state index is -0.371. The first-order chi connectivity index (χ1) is 9.78. The smallest absolute Gasteiger partial charge is 0.269 e. The summed E-state index contributed by atoms with van der Waals surface area (Å²) in [5.41, 5.74) is 2.60. The van der Waals surface area contributed by atoms with Crippen molar-refractivity contribution in [3.05, 3.63) is 46.5 Å². The van der Waals surface area contributed by atoms with Crippen molar-refractivity contribution in [2.24, 2.45) is 11.3 Å². The molecule has 4 nitrogen and oxygen atoms in total. The van der Waals surface area contributed by atoms with Gasteiger partial charge in [0.25, 0.3) is 5.69 Å². The Bertz CT molecular complexity index is 534. The van der Waals surface area contributed by atoms with Crippen molar-refractivity contribution in [2.45, 2.75) is 46.1 Å². The molecule has 1 aromatic carbocycles. The molecule has 1 fully saturated rings. The van der Waals surface area contributed by atoms with E-state index in [2.05, 4.69) is 32.7 Å². The Balaban J connectivity index is 2.14. The number of nitro benzene ring substituents is 1. The first kappa shape index (κ1) is 15.5. The summed E-state index contributed by atoms with van der Waals surface area (Å²) in [6.07, 6.45) is 3.44. The molecular formula is C17H24N2O2. The zero-order valence-corrected chi connectivity index (χ0v) is 13.1. The van der Waals surface area contributed by atoms with E-state index in [1.165, 1.54) is 12.0 Å². The molecule has 4 heteroatoms. The summed E-state index contributed by atoms with van der Waals surface area (Å²) >= 11 is 0. The van der Waals surface area contributed by atoms with Crippen LogP contribution in [0, 0.1) is 21.4 Å². The highest BCUT2D eigenvalue weighted by Crippen LogP contribution is 2.41. The molecule has 1 aromatic rings. The van der Waals surface area contributed by atoms with E-state index < -0.39 is 0 Å². The second kappa shape index (κ2) is 5.88. The highest BCUT2D eigenvalue weighted by molar-refractivity contribution is 5.49. The molecule has 0 amide bonds. The molecule has 0 heterocycles. The van der Waals surface area contributed by atoms with E-state index in [0.29, 0.717) is 17.4 Å². The summed E-state index contributed by atoms with van der Waals surface area (Å²) in [5, 5.41) is 14.3. The minimum Gasteiger partial charge on any atom is -0.382 e. The van der Waals surface area contributed by atoms with Gasteiger partial charge in [-0.3, -0.25) is 10.1 Å². The molecule has 1 aliphatic rings. The van der Waals surface area contributed by atoms with Gasteiger partial charge in [-0.25, -0.2) is 0 Å². The van der Waals surface area contributed by atoms with Crippen LogP contribution in [-0.2, 0) is 0 Å². The zero-order chi connectivity index (χ0) is 15.6. The lowest BCUT2D eigenvalue weighted by Crippen LogP contribution is -2.39. The van der Waals surface area contributed by atoms with Crippen LogP contribution in [-0.4, -0.2) is 11.0 Å². The summed E-state index contributed by atoms with van der Waals surface area (Å²) < 4.78 is 0. The lowest BCUT2D eigenvalue weighted by molar-refractivity contribution is -0.384. The van der Waals surface area contributed by atoms with Gasteiger partial charge < -0.3 is 5.32 Å². The fourth-order valence-corrected chi connectivity index (χ4v) is 3.22. The number of hydrogen-bond acceptors (Lipinski definition) is 3. The Morgan fingerprint density at radius 2 is 2.00 bits per heavy atom. The standard InChI is InChI=1S/C17H24N2O2/c1-12(2)15-9-10-17(3,4)11-16(15)18-13-5-7-14(8-6-13)19(20)21/h5-8,15-16,18H,1,9-11H2,2-4H3/t15-,16+/m0/s1. The molecule has 2 atom stereocenters. The quantitative estimate of drug-likeness (QED) is 0.493. The first-order valence-electron chi connectivity index (χ1n) is 7.45. The van der Waals surface area contributed by atoms with Gasteiger partial charge in [0.05, 0.1) is 4.92 Å². The predicted molar refractivity (Wildman–Crippen MR) is 86.4 cm³/mol. The van der Waals surface area contributed by atoms with E-state index in [4.69, 9.17) is 0 Å². The third kappa shape index (κ3) is 3.84. The van der Waals surface area contributed by atoms with E-state index >= 15 is 0 Å². The number of benzene rings is 1. The molecule has 1 aliphatic carbocycles. The molecule has 0 unspecified atom stereocenters. The fourth-order valence-electron chi connectivity index (χ4n) is 3.22. The number of non-ortho nitro benzene ring substituents is 1. The average Bonchev–Trinajstić information content (AvgIpc) is 2.38. The van der Waals surface area contributed by atoms with Gasteiger partial charge in [0.2, 0.25) is 0 Å². The van der Waals surface area contributed by atoms with Crippen LogP contribution >= 0.6 is 0 Å². The van der Waals surface area contributed by atoms with Gasteiger partial charge in [-0.1, -0.05) is 26.0 Å². The van der Waals surface area contributed by atoms with E-state index in [1.807, 2.05) is 0 Å². The van der Waals surface area contributed by atoms with E-state index in [-0.39, 0.29) is 10.6 Å². The summed E-state index contributed by atoms with van der Waals surface area (Å²) in [5.74, 6) is 0.466. The number of rotatable bonds is 4. The van der Waals surface area contributed by atoms with Gasteiger partial charge in [-0.2, -0.15) is 0 Å². The molecule has 1 saturated carbocycles. The lowest BCUT2D eigenvalue weighted by Gasteiger charge is -2.42. The van der Waals surface area contributed by atoms with Crippen LogP contribution in [0.1, 0.15) is 40.0 Å². The maximum absolute atomic E-state index is 10.7. The molecule has 1 N–H and O–H groups in total. The monoisotopic (exact) mass is 288 g/mol. The molecule has 0 aromatic heterocycles. The van der Waals surface area contributed by atoms with Crippen molar-refractivity contribution in [3.8, 4) is 0 Å². The zero-order valence-electron chi connectivity index (χ0n) is 13.1. The van der Waals surface area contributed by atoms with Crippen molar-refractivity contribution >= 4 is 11.4 Å². The van der Waals surface area contributed by atoms with Gasteiger partial charge in [0.15, 0.2) is 0 Å². The molecule has 2 rings (SSSR count). The summed E-state index contributed by atoms with van der Waals surface area (Å²) in [6.45, 7) is 10.8. The van der Waals surface area contributed by atoms with E-state index in [1.54, 1.807) is 24.3 Å². The number of hydrogen-bond donors (Lipinski definition) is 1. The van der Waals surface area contributed by atoms with E-state index in [9.17, 15) is 10.1 Å². The van der Waals surface area contributed by atoms with Gasteiger partial charge in [-0.05, 0) is 49.7 Å². The van der Waals surface area contributed by atoms with Crippen LogP contribution in [0.3, 0.4) is 0 Å². The molecular weight excluding hydrogens is 264 g/mol. The predicted octanol–water partition coefficient (Wildman–Crippen LogP) is 4.78. The van der Waals surface area contributed by atoms with Gasteiger partial charge in [0.1, 0.15) is 0 Å². The van der Waals surface area contributed by atoms with Crippen molar-refractivity contribution in [1.82, 2.24) is 0 Å². The van der Waals surface area contributed by atoms with Gasteiger partial charge >= 0.3 is 0 Å². The molecule has 0 aliphatic heterocycles. The van der Waals surface area contributed by atoms with Crippen LogP contribution in [0.25, 0.3) is 0 Å².